The SMILES string of the molecule is Cc1nc(N)sc1-c1nc2ccncc2n1C. The van der Waals surface area contributed by atoms with E-state index >= 15 is 0 Å². The molecule has 86 valence electrons. The van der Waals surface area contributed by atoms with E-state index < -0.39 is 0 Å². The van der Waals surface area contributed by atoms with E-state index in [-0.39, 0.29) is 0 Å². The Morgan fingerprint density at radius 1 is 1.35 bits per heavy atom. The Bertz CT molecular complexity index is 697. The van der Waals surface area contributed by atoms with E-state index in [0.717, 1.165) is 27.4 Å². The summed E-state index contributed by atoms with van der Waals surface area (Å²) in [6.45, 7) is 1.94. The number of aryl methyl sites for hydroxylation is 2. The van der Waals surface area contributed by atoms with Gasteiger partial charge >= 0.3 is 0 Å². The number of hydrogen-bond donors (Lipinski definition) is 1. The molecule has 0 aromatic carbocycles. The molecule has 3 aromatic heterocycles. The molecule has 0 radical (unpaired) electrons. The fraction of sp³-hybridized carbons (Fsp3) is 0.182. The van der Waals surface area contributed by atoms with Crippen molar-refractivity contribution in [2.45, 2.75) is 6.92 Å². The Balaban J connectivity index is 2.31. The first-order valence-corrected chi connectivity index (χ1v) is 5.98. The molecule has 0 atom stereocenters. The van der Waals surface area contributed by atoms with Gasteiger partial charge in [-0.3, -0.25) is 4.98 Å². The highest BCUT2D eigenvalue weighted by molar-refractivity contribution is 7.18. The number of hydrogen-bond acceptors (Lipinski definition) is 5. The number of rotatable bonds is 1. The van der Waals surface area contributed by atoms with Crippen LogP contribution in [0.1, 0.15) is 5.69 Å². The van der Waals surface area contributed by atoms with Gasteiger partial charge < -0.3 is 10.3 Å². The molecule has 3 rings (SSSR count). The molecular weight excluding hydrogens is 234 g/mol. The molecule has 0 amide bonds. The maximum absolute atomic E-state index is 5.72. The highest BCUT2D eigenvalue weighted by Crippen LogP contribution is 2.31. The van der Waals surface area contributed by atoms with Crippen molar-refractivity contribution < 1.29 is 0 Å². The molecule has 0 spiro atoms. The monoisotopic (exact) mass is 245 g/mol. The maximum Gasteiger partial charge on any atom is 0.180 e. The lowest BCUT2D eigenvalue weighted by molar-refractivity contribution is 0.957. The lowest BCUT2D eigenvalue weighted by atomic mass is 10.4. The zero-order valence-corrected chi connectivity index (χ0v) is 10.3. The fourth-order valence-corrected chi connectivity index (χ4v) is 2.72. The second-order valence-corrected chi connectivity index (χ2v) is 4.86. The minimum atomic E-state index is 0.572. The van der Waals surface area contributed by atoms with Crippen LogP contribution in [0.25, 0.3) is 21.7 Å². The van der Waals surface area contributed by atoms with Crippen molar-refractivity contribution in [3.05, 3.63) is 24.2 Å². The van der Waals surface area contributed by atoms with Crippen LogP contribution in [0.2, 0.25) is 0 Å². The van der Waals surface area contributed by atoms with Gasteiger partial charge in [-0.2, -0.15) is 0 Å². The van der Waals surface area contributed by atoms with Gasteiger partial charge in [0.15, 0.2) is 11.0 Å². The zero-order chi connectivity index (χ0) is 12.0. The van der Waals surface area contributed by atoms with Crippen molar-refractivity contribution in [1.82, 2.24) is 19.5 Å². The van der Waals surface area contributed by atoms with E-state index in [1.54, 1.807) is 6.20 Å². The van der Waals surface area contributed by atoms with Crippen LogP contribution in [0, 0.1) is 6.92 Å². The fourth-order valence-electron chi connectivity index (χ4n) is 1.86. The first-order chi connectivity index (χ1) is 8.16. The topological polar surface area (TPSA) is 69.6 Å². The molecule has 3 heterocycles. The highest BCUT2D eigenvalue weighted by atomic mass is 32.1. The van der Waals surface area contributed by atoms with Gasteiger partial charge in [0, 0.05) is 13.2 Å². The normalized spacial score (nSPS) is 11.2. The lowest BCUT2D eigenvalue weighted by Crippen LogP contribution is -1.92. The number of nitrogens with zero attached hydrogens (tertiary/aromatic N) is 4. The summed E-state index contributed by atoms with van der Waals surface area (Å²) in [5.41, 5.74) is 8.58. The number of nitrogen functional groups attached to an aromatic ring is 1. The van der Waals surface area contributed by atoms with Gasteiger partial charge in [-0.25, -0.2) is 9.97 Å². The molecule has 0 bridgehead atoms. The van der Waals surface area contributed by atoms with Crippen molar-refractivity contribution in [2.75, 3.05) is 5.73 Å². The largest absolute Gasteiger partial charge is 0.375 e. The molecule has 0 saturated carbocycles. The number of thiazole rings is 1. The van der Waals surface area contributed by atoms with E-state index in [0.29, 0.717) is 5.13 Å². The Hall–Kier alpha value is -1.95. The molecule has 0 aliphatic heterocycles. The third kappa shape index (κ3) is 1.49. The molecule has 3 aromatic rings. The third-order valence-electron chi connectivity index (χ3n) is 2.70. The molecule has 17 heavy (non-hydrogen) atoms. The van der Waals surface area contributed by atoms with Gasteiger partial charge in [-0.15, -0.1) is 0 Å². The van der Waals surface area contributed by atoms with E-state index in [1.807, 2.05) is 30.8 Å². The molecule has 2 N–H and O–H groups in total. The molecule has 0 aliphatic rings. The van der Waals surface area contributed by atoms with Gasteiger partial charge in [-0.1, -0.05) is 11.3 Å². The van der Waals surface area contributed by atoms with Crippen LogP contribution in [0.5, 0.6) is 0 Å². The van der Waals surface area contributed by atoms with Crippen LogP contribution in [0.3, 0.4) is 0 Å². The minimum Gasteiger partial charge on any atom is -0.375 e. The Kier molecular flexibility index (Phi) is 2.12. The molecule has 0 unspecified atom stereocenters. The summed E-state index contributed by atoms with van der Waals surface area (Å²) in [5.74, 6) is 0.889. The van der Waals surface area contributed by atoms with Crippen LogP contribution in [0.4, 0.5) is 5.13 Å². The first-order valence-electron chi connectivity index (χ1n) is 5.16. The van der Waals surface area contributed by atoms with E-state index in [4.69, 9.17) is 5.73 Å². The summed E-state index contributed by atoms with van der Waals surface area (Å²) in [7, 11) is 1.97. The van der Waals surface area contributed by atoms with Gasteiger partial charge in [-0.05, 0) is 13.0 Å². The van der Waals surface area contributed by atoms with Gasteiger partial charge in [0.05, 0.1) is 27.8 Å². The van der Waals surface area contributed by atoms with Crippen molar-refractivity contribution in [1.29, 1.82) is 0 Å². The predicted molar refractivity (Wildman–Crippen MR) is 68.8 cm³/mol. The summed E-state index contributed by atoms with van der Waals surface area (Å²) in [4.78, 5) is 13.9. The highest BCUT2D eigenvalue weighted by Gasteiger charge is 2.15. The summed E-state index contributed by atoms with van der Waals surface area (Å²) in [6, 6.07) is 1.90. The summed E-state index contributed by atoms with van der Waals surface area (Å²) in [6.07, 6.45) is 3.55. The number of imidazole rings is 1. The summed E-state index contributed by atoms with van der Waals surface area (Å²) in [5, 5.41) is 0.572. The average molecular weight is 245 g/mol. The third-order valence-corrected chi connectivity index (χ3v) is 3.68. The standard InChI is InChI=1S/C11H11N5S/c1-6-9(17-11(12)14-6)10-15-7-3-4-13-5-8(7)16(10)2/h3-5H,1-2H3,(H2,12,14). The second-order valence-electron chi connectivity index (χ2n) is 3.83. The molecule has 6 heteroatoms. The van der Waals surface area contributed by atoms with Gasteiger partial charge in [0.2, 0.25) is 0 Å². The molecule has 0 aliphatic carbocycles. The van der Waals surface area contributed by atoms with Crippen molar-refractivity contribution >= 4 is 27.5 Å². The van der Waals surface area contributed by atoms with Crippen molar-refractivity contribution in [2.24, 2.45) is 7.05 Å². The number of nitrogens with two attached hydrogens (primary N) is 1. The Morgan fingerprint density at radius 3 is 2.82 bits per heavy atom. The molecular formula is C11H11N5S. The quantitative estimate of drug-likeness (QED) is 0.711. The molecule has 0 saturated heterocycles. The van der Waals surface area contributed by atoms with Crippen LogP contribution in [0.15, 0.2) is 18.5 Å². The van der Waals surface area contributed by atoms with Crippen LogP contribution in [-0.2, 0) is 7.05 Å². The number of aromatic nitrogens is 4. The zero-order valence-electron chi connectivity index (χ0n) is 9.51. The van der Waals surface area contributed by atoms with E-state index in [1.165, 1.54) is 11.3 Å². The lowest BCUT2D eigenvalue weighted by Gasteiger charge is -1.99. The minimum absolute atomic E-state index is 0.572. The second kappa shape index (κ2) is 3.53. The van der Waals surface area contributed by atoms with Crippen LogP contribution < -0.4 is 5.73 Å². The van der Waals surface area contributed by atoms with E-state index in [2.05, 4.69) is 15.0 Å². The number of anilines is 1. The van der Waals surface area contributed by atoms with Gasteiger partial charge in [0.25, 0.3) is 0 Å². The van der Waals surface area contributed by atoms with Gasteiger partial charge in [0.1, 0.15) is 0 Å². The average Bonchev–Trinajstić information content (AvgIpc) is 2.80. The first kappa shape index (κ1) is 10.2. The summed E-state index contributed by atoms with van der Waals surface area (Å²) >= 11 is 1.46. The maximum atomic E-state index is 5.72. The van der Waals surface area contributed by atoms with E-state index in [9.17, 15) is 0 Å². The van der Waals surface area contributed by atoms with Crippen LogP contribution in [-0.4, -0.2) is 19.5 Å². The smallest absolute Gasteiger partial charge is 0.180 e. The number of pyridine rings is 1. The Labute approximate surface area is 102 Å². The van der Waals surface area contributed by atoms with Crippen molar-refractivity contribution in [3.8, 4) is 10.7 Å². The van der Waals surface area contributed by atoms with Crippen molar-refractivity contribution in [3.63, 3.8) is 0 Å². The molecule has 5 nitrogen and oxygen atoms in total. The Morgan fingerprint density at radius 2 is 2.18 bits per heavy atom. The summed E-state index contributed by atoms with van der Waals surface area (Å²) < 4.78 is 2.02. The number of fused-ring (bicyclic) bond motifs is 1. The molecule has 0 fully saturated rings. The van der Waals surface area contributed by atoms with Crippen LogP contribution >= 0.6 is 11.3 Å². The predicted octanol–water partition coefficient (Wildman–Crippen LogP) is 1.98.